The van der Waals surface area contributed by atoms with Gasteiger partial charge in [0.25, 0.3) is 5.91 Å². The van der Waals surface area contributed by atoms with E-state index in [0.29, 0.717) is 38.9 Å². The number of nitrogens with zero attached hydrogens (tertiary/aromatic N) is 2. The second-order valence-corrected chi connectivity index (χ2v) is 14.5. The number of halogens is 1. The van der Waals surface area contributed by atoms with Gasteiger partial charge in [0.05, 0.1) is 36.6 Å². The van der Waals surface area contributed by atoms with Crippen LogP contribution < -0.4 is 16.0 Å². The molecule has 2 aliphatic heterocycles. The third-order valence-corrected chi connectivity index (χ3v) is 10.8. The summed E-state index contributed by atoms with van der Waals surface area (Å²) in [7, 11) is 4.78. The second kappa shape index (κ2) is 19.5. The Labute approximate surface area is 298 Å². The second-order valence-electron chi connectivity index (χ2n) is 14.5. The number of allylic oxidation sites excluding steroid dienone is 6. The molecule has 0 aromatic rings. The minimum absolute atomic E-state index is 0.0180. The van der Waals surface area contributed by atoms with Crippen molar-refractivity contribution in [1.82, 2.24) is 25.8 Å². The summed E-state index contributed by atoms with van der Waals surface area (Å²) < 4.78 is 27.1. The number of rotatable bonds is 18. The van der Waals surface area contributed by atoms with Crippen LogP contribution in [0.25, 0.3) is 0 Å². The Kier molecular flexibility index (Phi) is 16.1. The Morgan fingerprint density at radius 2 is 1.72 bits per heavy atom. The molecule has 4 amide bonds. The van der Waals surface area contributed by atoms with E-state index in [-0.39, 0.29) is 54.4 Å². The van der Waals surface area contributed by atoms with Gasteiger partial charge in [-0.1, -0.05) is 77.5 Å². The van der Waals surface area contributed by atoms with Crippen molar-refractivity contribution in [2.75, 3.05) is 40.9 Å². The van der Waals surface area contributed by atoms with Crippen molar-refractivity contribution in [3.8, 4) is 0 Å². The standard InChI is InChI=1S/C38H62FN5O6/c1-9-26(4)33(43(6)36(47)32(25(2)3)42-37(48)38(39)20-15-21-41-38)30(49-7)24-31(45)44-23-14-18-29(44)34(50-8)27(5)35(46)40-22-19-28-16-12-10-11-13-17-28/h10-13,16-17,25-30,32-34,41H,9,14-15,18-24H2,1-8H3,(H,40,46)(H,42,48)/t26-,27+,29-,30+,32-,33-,34+,38-/m0/s1. The number of alkyl halides is 1. The van der Waals surface area contributed by atoms with Crippen LogP contribution in [0.5, 0.6) is 0 Å². The van der Waals surface area contributed by atoms with Gasteiger partial charge in [-0.25, -0.2) is 4.39 Å². The maximum Gasteiger partial charge on any atom is 0.273 e. The van der Waals surface area contributed by atoms with Gasteiger partial charge in [0.1, 0.15) is 6.04 Å². The first-order valence-corrected chi connectivity index (χ1v) is 18.5. The number of ether oxygens (including phenoxy) is 2. The van der Waals surface area contributed by atoms with Crippen molar-refractivity contribution in [3.63, 3.8) is 0 Å². The van der Waals surface area contributed by atoms with E-state index in [1.165, 1.54) is 7.11 Å². The van der Waals surface area contributed by atoms with E-state index >= 15 is 4.39 Å². The Hall–Kier alpha value is -3.09. The summed E-state index contributed by atoms with van der Waals surface area (Å²) in [5, 5.41) is 8.35. The monoisotopic (exact) mass is 703 g/mol. The van der Waals surface area contributed by atoms with Gasteiger partial charge < -0.3 is 29.9 Å². The van der Waals surface area contributed by atoms with Gasteiger partial charge in [-0.15, -0.1) is 0 Å². The maximum absolute atomic E-state index is 15.2. The van der Waals surface area contributed by atoms with Crippen LogP contribution in [0.1, 0.15) is 79.6 Å². The van der Waals surface area contributed by atoms with E-state index in [1.54, 1.807) is 24.0 Å². The fraction of sp³-hybridized carbons (Fsp3) is 0.737. The SMILES string of the molecule is CC[C@H](C)[C@@H]([C@@H](CC(=O)N1CCC[C@H]1[C@H](OC)[C@@H](C)C(=O)NCCC1C=CC=CC=C1)OC)N(C)C(=O)[C@@H](NC(=O)[C@]1(F)CCCN1)C(C)C. The summed E-state index contributed by atoms with van der Waals surface area (Å²) in [5.74, 6) is -4.25. The van der Waals surface area contributed by atoms with Gasteiger partial charge in [0.15, 0.2) is 0 Å². The van der Waals surface area contributed by atoms with Crippen LogP contribution in [0.15, 0.2) is 36.5 Å². The predicted octanol–water partition coefficient (Wildman–Crippen LogP) is 3.90. The van der Waals surface area contributed by atoms with Crippen LogP contribution in [0.2, 0.25) is 0 Å². The molecule has 50 heavy (non-hydrogen) atoms. The average Bonchev–Trinajstić information content (AvgIpc) is 3.69. The fourth-order valence-corrected chi connectivity index (χ4v) is 7.52. The van der Waals surface area contributed by atoms with Crippen molar-refractivity contribution in [3.05, 3.63) is 36.5 Å². The van der Waals surface area contributed by atoms with Gasteiger partial charge in [-0.3, -0.25) is 24.5 Å². The molecule has 0 radical (unpaired) electrons. The molecule has 0 bridgehead atoms. The van der Waals surface area contributed by atoms with E-state index in [9.17, 15) is 19.2 Å². The highest BCUT2D eigenvalue weighted by Crippen LogP contribution is 2.30. The highest BCUT2D eigenvalue weighted by Gasteiger charge is 2.45. The van der Waals surface area contributed by atoms with Gasteiger partial charge in [-0.2, -0.15) is 0 Å². The van der Waals surface area contributed by atoms with Gasteiger partial charge in [0, 0.05) is 40.8 Å². The molecule has 0 saturated carbocycles. The summed E-state index contributed by atoms with van der Waals surface area (Å²) in [6, 6.07) is -1.75. The van der Waals surface area contributed by atoms with E-state index in [0.717, 1.165) is 12.8 Å². The molecule has 2 heterocycles. The van der Waals surface area contributed by atoms with Crippen molar-refractivity contribution >= 4 is 23.6 Å². The zero-order valence-electron chi connectivity index (χ0n) is 31.5. The lowest BCUT2D eigenvalue weighted by Crippen LogP contribution is -2.60. The normalized spacial score (nSPS) is 24.4. The molecule has 3 aliphatic rings. The van der Waals surface area contributed by atoms with Crippen molar-refractivity contribution in [2.24, 2.45) is 23.7 Å². The summed E-state index contributed by atoms with van der Waals surface area (Å²) in [5.41, 5.74) is 0. The average molecular weight is 704 g/mol. The van der Waals surface area contributed by atoms with Gasteiger partial charge in [-0.05, 0) is 50.0 Å². The topological polar surface area (TPSA) is 129 Å². The number of likely N-dealkylation sites (tertiary alicyclic amines) is 1. The first-order chi connectivity index (χ1) is 23.8. The minimum atomic E-state index is -2.20. The lowest BCUT2D eigenvalue weighted by molar-refractivity contribution is -0.148. The number of hydrogen-bond donors (Lipinski definition) is 3. The number of methoxy groups -OCH3 is 2. The Balaban J connectivity index is 1.70. The first-order valence-electron chi connectivity index (χ1n) is 18.5. The largest absolute Gasteiger partial charge is 0.379 e. The summed E-state index contributed by atoms with van der Waals surface area (Å²) in [4.78, 5) is 57.6. The minimum Gasteiger partial charge on any atom is -0.379 e. The van der Waals surface area contributed by atoms with Crippen molar-refractivity contribution in [1.29, 1.82) is 0 Å². The number of likely N-dealkylation sites (N-methyl/N-ethyl adjacent to an activating group) is 1. The first kappa shape index (κ1) is 41.3. The Bertz CT molecular complexity index is 1220. The molecule has 0 spiro atoms. The molecule has 3 rings (SSSR count). The van der Waals surface area contributed by atoms with Crippen molar-refractivity contribution < 1.29 is 33.0 Å². The zero-order valence-corrected chi connectivity index (χ0v) is 31.5. The number of amides is 4. The summed E-state index contributed by atoms with van der Waals surface area (Å²) in [6.45, 7) is 10.9. The highest BCUT2D eigenvalue weighted by atomic mass is 19.1. The van der Waals surface area contributed by atoms with Crippen LogP contribution in [-0.4, -0.2) is 110 Å². The van der Waals surface area contributed by atoms with E-state index in [1.807, 2.05) is 58.9 Å². The van der Waals surface area contributed by atoms with Crippen LogP contribution in [0.4, 0.5) is 4.39 Å². The quantitative estimate of drug-likeness (QED) is 0.185. The summed E-state index contributed by atoms with van der Waals surface area (Å²) in [6.07, 6.45) is 14.6. The number of carbonyl (C=O) groups is 4. The van der Waals surface area contributed by atoms with Crippen molar-refractivity contribution in [2.45, 2.75) is 116 Å². The third-order valence-electron chi connectivity index (χ3n) is 10.8. The van der Waals surface area contributed by atoms with Crippen LogP contribution in [0, 0.1) is 23.7 Å². The van der Waals surface area contributed by atoms with Crippen LogP contribution in [0.3, 0.4) is 0 Å². The maximum atomic E-state index is 15.2. The molecule has 2 saturated heterocycles. The number of carbonyl (C=O) groups excluding carboxylic acids is 4. The molecule has 0 aromatic carbocycles. The Morgan fingerprint density at radius 1 is 1.04 bits per heavy atom. The van der Waals surface area contributed by atoms with E-state index in [4.69, 9.17) is 9.47 Å². The third kappa shape index (κ3) is 10.5. The molecule has 282 valence electrons. The van der Waals surface area contributed by atoms with E-state index in [2.05, 4.69) is 28.1 Å². The number of hydrogen-bond acceptors (Lipinski definition) is 7. The molecule has 11 nitrogen and oxygen atoms in total. The van der Waals surface area contributed by atoms with Gasteiger partial charge in [0.2, 0.25) is 23.5 Å². The lowest BCUT2D eigenvalue weighted by Gasteiger charge is -2.41. The molecular formula is C38H62FN5O6. The highest BCUT2D eigenvalue weighted by molar-refractivity contribution is 5.91. The predicted molar refractivity (Wildman–Crippen MR) is 193 cm³/mol. The Morgan fingerprint density at radius 3 is 2.28 bits per heavy atom. The molecule has 0 unspecified atom stereocenters. The molecule has 8 atom stereocenters. The molecule has 2 fully saturated rings. The molecule has 1 aliphatic carbocycles. The van der Waals surface area contributed by atoms with E-state index < -0.39 is 41.9 Å². The van der Waals surface area contributed by atoms with Gasteiger partial charge >= 0.3 is 0 Å². The fourth-order valence-electron chi connectivity index (χ4n) is 7.52. The molecule has 12 heteroatoms. The molecule has 3 N–H and O–H groups in total. The molecule has 0 aromatic heterocycles. The number of nitrogens with one attached hydrogen (secondary N) is 3. The molecular weight excluding hydrogens is 641 g/mol. The lowest BCUT2D eigenvalue weighted by atomic mass is 9.89. The van der Waals surface area contributed by atoms with Crippen LogP contribution in [-0.2, 0) is 28.7 Å². The van der Waals surface area contributed by atoms with Crippen LogP contribution >= 0.6 is 0 Å². The summed E-state index contributed by atoms with van der Waals surface area (Å²) >= 11 is 0. The smallest absolute Gasteiger partial charge is 0.273 e. The zero-order chi connectivity index (χ0) is 37.0.